The van der Waals surface area contributed by atoms with Crippen molar-refractivity contribution in [1.82, 2.24) is 5.32 Å². The van der Waals surface area contributed by atoms with Gasteiger partial charge in [0.15, 0.2) is 0 Å². The van der Waals surface area contributed by atoms with Crippen molar-refractivity contribution >= 4 is 56.6 Å². The number of esters is 1. The zero-order valence-corrected chi connectivity index (χ0v) is 21.7. The molecule has 2 amide bonds. The largest absolute Gasteiger partial charge is 0.464 e. The van der Waals surface area contributed by atoms with E-state index in [1.807, 2.05) is 6.92 Å². The quantitative estimate of drug-likeness (QED) is 0.367. The van der Waals surface area contributed by atoms with Crippen molar-refractivity contribution in [3.8, 4) is 0 Å². The van der Waals surface area contributed by atoms with Crippen LogP contribution in [-0.4, -0.2) is 58.9 Å². The topological polar surface area (TPSA) is 116 Å². The van der Waals surface area contributed by atoms with Crippen LogP contribution in [0.15, 0.2) is 41.3 Å². The maximum Gasteiger partial charge on any atom is 0.326 e. The van der Waals surface area contributed by atoms with Crippen LogP contribution in [0.3, 0.4) is 0 Å². The number of aliphatic hydroxyl groups excluding tert-OH is 1. The van der Waals surface area contributed by atoms with Crippen LogP contribution in [0.5, 0.6) is 0 Å². The number of carbonyl (C=O) groups excluding carboxylic acids is 2. The highest BCUT2D eigenvalue weighted by Crippen LogP contribution is 2.39. The molecule has 0 radical (unpaired) electrons. The summed E-state index contributed by atoms with van der Waals surface area (Å²) in [6.45, 7) is 1.50. The Morgan fingerprint density at radius 2 is 1.89 bits per heavy atom. The first-order chi connectivity index (χ1) is 16.6. The Morgan fingerprint density at radius 3 is 2.49 bits per heavy atom. The number of nitrogens with one attached hydrogen (secondary N) is 1. The second kappa shape index (κ2) is 11.5. The second-order valence-electron chi connectivity index (χ2n) is 7.98. The van der Waals surface area contributed by atoms with Crippen molar-refractivity contribution in [3.05, 3.63) is 52.0 Å². The van der Waals surface area contributed by atoms with Crippen LogP contribution in [0.2, 0.25) is 10.0 Å². The van der Waals surface area contributed by atoms with E-state index in [2.05, 4.69) is 5.32 Å². The summed E-state index contributed by atoms with van der Waals surface area (Å²) in [5.41, 5.74) is 1.29. The summed E-state index contributed by atoms with van der Waals surface area (Å²) in [5, 5.41) is 12.7. The number of hydrogen-bond acceptors (Lipinski definition) is 6. The van der Waals surface area contributed by atoms with Crippen LogP contribution in [0, 0.1) is 0 Å². The second-order valence-corrected chi connectivity index (χ2v) is 10.7. The maximum atomic E-state index is 13.6. The van der Waals surface area contributed by atoms with E-state index in [4.69, 9.17) is 27.9 Å². The van der Waals surface area contributed by atoms with Gasteiger partial charge in [-0.15, -0.1) is 0 Å². The highest BCUT2D eigenvalue weighted by molar-refractivity contribution is 7.92. The fourth-order valence-corrected chi connectivity index (χ4v) is 5.91. The van der Waals surface area contributed by atoms with Gasteiger partial charge in [-0.3, -0.25) is 14.0 Å². The molecule has 0 aromatic heterocycles. The predicted molar refractivity (Wildman–Crippen MR) is 135 cm³/mol. The molecule has 1 aliphatic heterocycles. The van der Waals surface area contributed by atoms with Gasteiger partial charge < -0.3 is 15.2 Å². The lowest BCUT2D eigenvalue weighted by molar-refractivity contribution is -0.141. The summed E-state index contributed by atoms with van der Waals surface area (Å²) >= 11 is 12.1. The number of rotatable bonds is 9. The number of aliphatic hydroxyl groups is 1. The average Bonchev–Trinajstić information content (AvgIpc) is 3.19. The molecule has 190 valence electrons. The lowest BCUT2D eigenvalue weighted by atomic mass is 10.0. The van der Waals surface area contributed by atoms with Gasteiger partial charge in [-0.2, -0.15) is 0 Å². The number of benzene rings is 2. The summed E-state index contributed by atoms with van der Waals surface area (Å²) in [5.74, 6) is -1.15. The van der Waals surface area contributed by atoms with Gasteiger partial charge >= 0.3 is 12.0 Å². The van der Waals surface area contributed by atoms with Gasteiger partial charge in [0.2, 0.25) is 0 Å². The zero-order chi connectivity index (χ0) is 25.8. The van der Waals surface area contributed by atoms with Gasteiger partial charge in [0.25, 0.3) is 10.0 Å². The molecular weight excluding hydrogens is 517 g/mol. The first kappa shape index (κ1) is 27.1. The van der Waals surface area contributed by atoms with Crippen molar-refractivity contribution in [3.63, 3.8) is 0 Å². The number of unbranched alkanes of at least 4 members (excludes halogenated alkanes) is 1. The number of sulfonamides is 1. The number of carbonyl (C=O) groups is 2. The van der Waals surface area contributed by atoms with Gasteiger partial charge in [0.1, 0.15) is 6.54 Å². The molecule has 9 nitrogen and oxygen atoms in total. The third-order valence-electron chi connectivity index (χ3n) is 5.57. The summed E-state index contributed by atoms with van der Waals surface area (Å²) in [7, 11) is -2.80. The van der Waals surface area contributed by atoms with Gasteiger partial charge in [0.05, 0.1) is 23.8 Å². The smallest absolute Gasteiger partial charge is 0.326 e. The van der Waals surface area contributed by atoms with Crippen molar-refractivity contribution in [1.29, 1.82) is 0 Å². The van der Waals surface area contributed by atoms with Gasteiger partial charge in [-0.05, 0) is 48.4 Å². The summed E-state index contributed by atoms with van der Waals surface area (Å²) in [6, 6.07) is 8.18. The molecular formula is C23H27Cl2N3O6S. The highest BCUT2D eigenvalue weighted by Gasteiger charge is 2.34. The van der Waals surface area contributed by atoms with E-state index < -0.39 is 28.5 Å². The summed E-state index contributed by atoms with van der Waals surface area (Å²) in [4.78, 5) is 26.1. The summed E-state index contributed by atoms with van der Waals surface area (Å²) in [6.07, 6.45) is 1.46. The molecule has 0 saturated heterocycles. The molecule has 0 fully saturated rings. The predicted octanol–water partition coefficient (Wildman–Crippen LogP) is 3.77. The number of ether oxygens (including phenoxy) is 1. The Balaban J connectivity index is 2.07. The fraction of sp³-hybridized carbons (Fsp3) is 0.391. The summed E-state index contributed by atoms with van der Waals surface area (Å²) < 4.78 is 33.4. The van der Waals surface area contributed by atoms with Crippen LogP contribution < -0.4 is 14.5 Å². The van der Waals surface area contributed by atoms with Crippen LogP contribution in [0.4, 0.5) is 16.2 Å². The first-order valence-electron chi connectivity index (χ1n) is 11.0. The number of nitrogens with zero attached hydrogens (tertiary/aromatic N) is 2. The number of fused-ring (bicyclic) bond motifs is 1. The minimum atomic E-state index is -4.29. The molecule has 1 atom stereocenters. The molecule has 0 saturated carbocycles. The molecule has 0 bridgehead atoms. The number of hydrogen-bond donors (Lipinski definition) is 2. The van der Waals surface area contributed by atoms with Crippen molar-refractivity contribution in [2.45, 2.75) is 30.6 Å². The average molecular weight is 544 g/mol. The van der Waals surface area contributed by atoms with E-state index in [1.165, 1.54) is 36.2 Å². The minimum absolute atomic E-state index is 0.122. The monoisotopic (exact) mass is 543 g/mol. The molecule has 2 N–H and O–H groups in total. The SMILES string of the molecule is CCCCOC(=O)CN(c1ccc2c(c1)C(CO)CN2C(=O)NC)S(=O)(=O)c1cc(Cl)cc(Cl)c1. The molecule has 1 heterocycles. The Morgan fingerprint density at radius 1 is 1.20 bits per heavy atom. The standard InChI is InChI=1S/C23H27Cl2N3O6S/c1-3-4-7-34-22(30)13-28(35(32,33)19-9-16(24)8-17(25)10-19)18-5-6-21-20(11-18)15(14-29)12-27(21)23(31)26-2/h5-6,8-11,15,29H,3-4,7,12-14H2,1-2H3,(H,26,31). The van der Waals surface area contributed by atoms with Crippen molar-refractivity contribution in [2.75, 3.05) is 42.6 Å². The molecule has 12 heteroatoms. The number of amides is 2. The van der Waals surface area contributed by atoms with Crippen LogP contribution >= 0.6 is 23.2 Å². The molecule has 0 aliphatic carbocycles. The Hall–Kier alpha value is -2.53. The molecule has 0 spiro atoms. The number of halogens is 2. The third kappa shape index (κ3) is 6.00. The molecule has 1 unspecified atom stereocenters. The number of anilines is 2. The molecule has 2 aromatic rings. The van der Waals surface area contributed by atoms with Crippen molar-refractivity contribution < 1.29 is 27.9 Å². The van der Waals surface area contributed by atoms with E-state index in [0.29, 0.717) is 17.7 Å². The molecule has 3 rings (SSSR count). The van der Waals surface area contributed by atoms with Crippen LogP contribution in [0.1, 0.15) is 31.2 Å². The highest BCUT2D eigenvalue weighted by atomic mass is 35.5. The first-order valence-corrected chi connectivity index (χ1v) is 13.2. The van der Waals surface area contributed by atoms with Crippen LogP contribution in [0.25, 0.3) is 0 Å². The van der Waals surface area contributed by atoms with Gasteiger partial charge in [-0.25, -0.2) is 13.2 Å². The molecule has 35 heavy (non-hydrogen) atoms. The Kier molecular flexibility index (Phi) is 8.87. The fourth-order valence-electron chi connectivity index (χ4n) is 3.78. The van der Waals surface area contributed by atoms with Gasteiger partial charge in [-0.1, -0.05) is 36.5 Å². The molecule has 1 aliphatic rings. The lowest BCUT2D eigenvalue weighted by Gasteiger charge is -2.25. The Bertz CT molecular complexity index is 1190. The van der Waals surface area contributed by atoms with E-state index in [0.717, 1.165) is 10.7 Å². The van der Waals surface area contributed by atoms with E-state index >= 15 is 0 Å². The zero-order valence-electron chi connectivity index (χ0n) is 19.3. The normalized spacial score (nSPS) is 15.0. The van der Waals surface area contributed by atoms with Crippen LogP contribution in [-0.2, 0) is 19.6 Å². The maximum absolute atomic E-state index is 13.6. The minimum Gasteiger partial charge on any atom is -0.464 e. The third-order valence-corrected chi connectivity index (χ3v) is 7.76. The van der Waals surface area contributed by atoms with Gasteiger partial charge in [0, 0.05) is 35.2 Å². The van der Waals surface area contributed by atoms with E-state index in [9.17, 15) is 23.1 Å². The molecule has 2 aromatic carbocycles. The number of urea groups is 1. The lowest BCUT2D eigenvalue weighted by Crippen LogP contribution is -2.37. The Labute approximate surface area is 214 Å². The van der Waals surface area contributed by atoms with E-state index in [-0.39, 0.29) is 46.4 Å². The van der Waals surface area contributed by atoms with E-state index in [1.54, 1.807) is 12.1 Å². The van der Waals surface area contributed by atoms with Crippen molar-refractivity contribution in [2.24, 2.45) is 0 Å².